The number of phenols is 1. The van der Waals surface area contributed by atoms with Crippen LogP contribution in [0.4, 0.5) is 5.69 Å². The van der Waals surface area contributed by atoms with E-state index in [1.165, 1.54) is 36.2 Å². The third-order valence-corrected chi connectivity index (χ3v) is 6.14. The van der Waals surface area contributed by atoms with Gasteiger partial charge in [-0.25, -0.2) is 14.3 Å². The lowest BCUT2D eigenvalue weighted by Crippen LogP contribution is -2.36. The number of anilines is 1. The number of hydrazine groups is 1. The maximum absolute atomic E-state index is 10.9. The number of ether oxygens (including phenoxy) is 1. The molecule has 0 saturated carbocycles. The Morgan fingerprint density at radius 2 is 1.76 bits per heavy atom. The van der Waals surface area contributed by atoms with Gasteiger partial charge in [-0.15, -0.1) is 0 Å². The lowest BCUT2D eigenvalue weighted by molar-refractivity contribution is 0.0380. The highest BCUT2D eigenvalue weighted by molar-refractivity contribution is 7.90. The normalized spacial score (nSPS) is 14.4. The van der Waals surface area contributed by atoms with Crippen LogP contribution in [0.3, 0.4) is 0 Å². The molecule has 11 heteroatoms. The maximum atomic E-state index is 10.9. The van der Waals surface area contributed by atoms with Gasteiger partial charge >= 0.3 is 0 Å². The van der Waals surface area contributed by atoms with Gasteiger partial charge in [0, 0.05) is 36.3 Å². The molecule has 2 aromatic rings. The fraction of sp³-hybridized carbons (Fsp3) is 0.391. The molecule has 34 heavy (non-hydrogen) atoms. The maximum Gasteiger partial charge on any atom is 0.175 e. The van der Waals surface area contributed by atoms with E-state index in [1.54, 1.807) is 37.4 Å². The van der Waals surface area contributed by atoms with E-state index in [4.69, 9.17) is 39.5 Å². The highest BCUT2D eigenvalue weighted by Gasteiger charge is 2.07. The predicted molar refractivity (Wildman–Crippen MR) is 140 cm³/mol. The predicted octanol–water partition coefficient (Wildman–Crippen LogP) is 4.02. The van der Waals surface area contributed by atoms with E-state index >= 15 is 0 Å². The average molecular weight is 534 g/mol. The smallest absolute Gasteiger partial charge is 0.175 e. The molecule has 2 aromatic carbocycles. The molecule has 0 unspecified atom stereocenters. The van der Waals surface area contributed by atoms with Gasteiger partial charge in [0.1, 0.15) is 5.75 Å². The van der Waals surface area contributed by atoms with Crippen LogP contribution < -0.4 is 16.6 Å². The van der Waals surface area contributed by atoms with Crippen molar-refractivity contribution in [2.45, 2.75) is 25.2 Å². The Balaban J connectivity index is 0.000000262. The monoisotopic (exact) mass is 532 g/mol. The van der Waals surface area contributed by atoms with E-state index in [0.717, 1.165) is 32.6 Å². The number of rotatable bonds is 5. The average Bonchev–Trinajstić information content (AvgIpc) is 2.77. The number of halogens is 2. The molecular weight excluding hydrogens is 499 g/mol. The van der Waals surface area contributed by atoms with Crippen molar-refractivity contribution in [3.63, 3.8) is 0 Å². The van der Waals surface area contributed by atoms with Crippen molar-refractivity contribution in [1.82, 2.24) is 4.90 Å². The lowest BCUT2D eigenvalue weighted by Gasteiger charge is -2.25. The molecule has 0 amide bonds. The standard InChI is InChI=1S/C9H12ClN3O.C7H7ClO2S.C7H15NO/c1-6(11)5-13(12)7-2-3-9(14)8(10)4-7;1-11(9,10)7-4-2-6(8)3-5-7;1-2-3-8-4-6-9-7-5-8/h2-5,14H,11-12H2,1H3;2-5H,1H3;2-7H2,1H3/b6-5-;;. The Labute approximate surface area is 212 Å². The Morgan fingerprint density at radius 1 is 1.18 bits per heavy atom. The number of phenolic OH excluding ortho intramolecular Hbond substituents is 1. The van der Waals surface area contributed by atoms with Crippen molar-refractivity contribution in [2.24, 2.45) is 11.6 Å². The van der Waals surface area contributed by atoms with Crippen molar-refractivity contribution < 1.29 is 18.3 Å². The minimum absolute atomic E-state index is 0.0252. The lowest BCUT2D eigenvalue weighted by atomic mass is 10.3. The minimum atomic E-state index is -3.08. The zero-order valence-corrected chi connectivity index (χ0v) is 22.1. The van der Waals surface area contributed by atoms with Gasteiger partial charge < -0.3 is 15.6 Å². The zero-order valence-electron chi connectivity index (χ0n) is 19.7. The number of hydrogen-bond acceptors (Lipinski definition) is 8. The van der Waals surface area contributed by atoms with Gasteiger partial charge in [0.15, 0.2) is 9.84 Å². The Kier molecular flexibility index (Phi) is 13.3. The molecule has 8 nitrogen and oxygen atoms in total. The second-order valence-electron chi connectivity index (χ2n) is 7.60. The summed E-state index contributed by atoms with van der Waals surface area (Å²) >= 11 is 11.3. The van der Waals surface area contributed by atoms with Crippen molar-refractivity contribution in [3.05, 3.63) is 64.4 Å². The molecule has 1 aliphatic rings. The van der Waals surface area contributed by atoms with E-state index in [1.807, 2.05) is 0 Å². The number of allylic oxidation sites excluding steroid dienone is 1. The second-order valence-corrected chi connectivity index (χ2v) is 10.5. The molecule has 1 fully saturated rings. The summed E-state index contributed by atoms with van der Waals surface area (Å²) in [6, 6.07) is 10.7. The van der Waals surface area contributed by atoms with Crippen molar-refractivity contribution >= 4 is 38.7 Å². The van der Waals surface area contributed by atoms with E-state index in [9.17, 15) is 13.5 Å². The topological polar surface area (TPSA) is 122 Å². The van der Waals surface area contributed by atoms with Crippen molar-refractivity contribution in [2.75, 3.05) is 44.1 Å². The number of benzene rings is 2. The van der Waals surface area contributed by atoms with E-state index in [0.29, 0.717) is 21.3 Å². The third kappa shape index (κ3) is 11.9. The molecular formula is C23H34Cl2N4O4S. The first-order valence-electron chi connectivity index (χ1n) is 10.7. The van der Waals surface area contributed by atoms with Gasteiger partial charge in [-0.3, -0.25) is 9.91 Å². The van der Waals surface area contributed by atoms with Crippen LogP contribution in [-0.2, 0) is 14.6 Å². The first-order valence-corrected chi connectivity index (χ1v) is 13.3. The second kappa shape index (κ2) is 15.1. The molecule has 0 radical (unpaired) electrons. The molecule has 0 aliphatic carbocycles. The molecule has 0 aromatic heterocycles. The van der Waals surface area contributed by atoms with Crippen LogP contribution in [0.1, 0.15) is 20.3 Å². The SMILES string of the molecule is C/C(N)=C/N(N)c1ccc(O)c(Cl)c1.CCCN1CCOCC1.CS(=O)(=O)c1ccc(Cl)cc1. The summed E-state index contributed by atoms with van der Waals surface area (Å²) in [4.78, 5) is 2.74. The van der Waals surface area contributed by atoms with Crippen LogP contribution in [0, 0.1) is 0 Å². The molecule has 1 aliphatic heterocycles. The number of nitrogens with two attached hydrogens (primary N) is 2. The van der Waals surface area contributed by atoms with Crippen molar-refractivity contribution in [1.29, 1.82) is 0 Å². The van der Waals surface area contributed by atoms with Crippen LogP contribution in [0.25, 0.3) is 0 Å². The molecule has 0 bridgehead atoms. The molecule has 3 rings (SSSR count). The summed E-state index contributed by atoms with van der Waals surface area (Å²) in [6.45, 7) is 9.31. The largest absolute Gasteiger partial charge is 0.506 e. The fourth-order valence-corrected chi connectivity index (χ4v) is 3.70. The quantitative estimate of drug-likeness (QED) is 0.389. The van der Waals surface area contributed by atoms with E-state index in [2.05, 4.69) is 11.8 Å². The van der Waals surface area contributed by atoms with Crippen LogP contribution in [-0.4, -0.2) is 57.5 Å². The van der Waals surface area contributed by atoms with Crippen LogP contribution in [0.15, 0.2) is 59.3 Å². The minimum Gasteiger partial charge on any atom is -0.506 e. The first kappa shape index (κ1) is 30.0. The van der Waals surface area contributed by atoms with Gasteiger partial charge in [0.2, 0.25) is 0 Å². The van der Waals surface area contributed by atoms with Gasteiger partial charge in [-0.05, 0) is 62.4 Å². The number of sulfone groups is 1. The summed E-state index contributed by atoms with van der Waals surface area (Å²) in [5.74, 6) is 5.68. The number of morpholine rings is 1. The van der Waals surface area contributed by atoms with Gasteiger partial charge in [-0.1, -0.05) is 30.1 Å². The van der Waals surface area contributed by atoms with Crippen molar-refractivity contribution in [3.8, 4) is 5.75 Å². The Morgan fingerprint density at radius 3 is 2.24 bits per heavy atom. The molecule has 0 atom stereocenters. The molecule has 5 N–H and O–H groups in total. The van der Waals surface area contributed by atoms with Gasteiger partial charge in [0.25, 0.3) is 0 Å². The summed E-state index contributed by atoms with van der Waals surface area (Å²) in [7, 11) is -3.08. The summed E-state index contributed by atoms with van der Waals surface area (Å²) in [5.41, 5.74) is 6.69. The Bertz CT molecular complexity index is 1010. The molecule has 1 heterocycles. The molecule has 0 spiro atoms. The summed E-state index contributed by atoms with van der Waals surface area (Å²) in [5, 5.41) is 11.3. The van der Waals surface area contributed by atoms with Gasteiger partial charge in [-0.2, -0.15) is 0 Å². The van der Waals surface area contributed by atoms with E-state index in [-0.39, 0.29) is 10.8 Å². The highest BCUT2D eigenvalue weighted by Crippen LogP contribution is 2.27. The number of nitrogens with zero attached hydrogens (tertiary/aromatic N) is 2. The summed E-state index contributed by atoms with van der Waals surface area (Å²) < 4.78 is 27.0. The molecule has 1 saturated heterocycles. The highest BCUT2D eigenvalue weighted by atomic mass is 35.5. The fourth-order valence-electron chi connectivity index (χ4n) is 2.77. The number of aromatic hydroxyl groups is 1. The van der Waals surface area contributed by atoms with Crippen LogP contribution >= 0.6 is 23.2 Å². The van der Waals surface area contributed by atoms with Gasteiger partial charge in [0.05, 0.1) is 28.8 Å². The first-order chi connectivity index (χ1) is 15.9. The summed E-state index contributed by atoms with van der Waals surface area (Å²) in [6.07, 6.45) is 3.99. The van der Waals surface area contributed by atoms with E-state index < -0.39 is 9.84 Å². The Hall–Kier alpha value is -2.01. The zero-order chi connectivity index (χ0) is 25.7. The number of hydrogen-bond donors (Lipinski definition) is 3. The third-order valence-electron chi connectivity index (χ3n) is 4.46. The van der Waals surface area contributed by atoms with Crippen LogP contribution in [0.5, 0.6) is 5.75 Å². The molecule has 190 valence electrons. The van der Waals surface area contributed by atoms with Crippen LogP contribution in [0.2, 0.25) is 10.0 Å².